The summed E-state index contributed by atoms with van der Waals surface area (Å²) in [6, 6.07) is 10.2. The van der Waals surface area contributed by atoms with Crippen molar-refractivity contribution >= 4 is 5.91 Å². The second-order valence-corrected chi connectivity index (χ2v) is 3.59. The predicted molar refractivity (Wildman–Crippen MR) is 63.1 cm³/mol. The molecule has 0 saturated carbocycles. The summed E-state index contributed by atoms with van der Waals surface area (Å²) in [5.41, 5.74) is 2.90. The first-order valence-electron chi connectivity index (χ1n) is 5.45. The van der Waals surface area contributed by atoms with E-state index in [9.17, 15) is 4.79 Å². The number of rotatable bonds is 6. The number of unbranched alkanes of at least 4 members (excludes halogenated alkanes) is 1. The Kier molecular flexibility index (Phi) is 5.96. The molecule has 0 heterocycles. The fourth-order valence-electron chi connectivity index (χ4n) is 1.39. The highest BCUT2D eigenvalue weighted by atomic mass is 16.5. The van der Waals surface area contributed by atoms with E-state index in [0.29, 0.717) is 6.42 Å². The van der Waals surface area contributed by atoms with Gasteiger partial charge in [0, 0.05) is 6.42 Å². The fraction of sp³-hybridized carbons (Fsp3) is 0.308. The first-order valence-corrected chi connectivity index (χ1v) is 5.45. The summed E-state index contributed by atoms with van der Waals surface area (Å²) in [5.74, 6) is -0.323. The molecule has 3 nitrogen and oxygen atoms in total. The van der Waals surface area contributed by atoms with Crippen LogP contribution in [0.1, 0.15) is 24.8 Å². The van der Waals surface area contributed by atoms with E-state index in [2.05, 4.69) is 24.3 Å². The molecule has 0 aliphatic heterocycles. The maximum Gasteiger partial charge on any atom is 0.243 e. The van der Waals surface area contributed by atoms with Crippen LogP contribution >= 0.6 is 0 Å². The van der Waals surface area contributed by atoms with E-state index in [1.54, 1.807) is 5.48 Å². The van der Waals surface area contributed by atoms with E-state index in [-0.39, 0.29) is 5.91 Å². The van der Waals surface area contributed by atoms with Crippen molar-refractivity contribution in [2.45, 2.75) is 25.7 Å². The van der Waals surface area contributed by atoms with Crippen molar-refractivity contribution in [3.8, 4) is 0 Å². The largest absolute Gasteiger partial charge is 0.289 e. The van der Waals surface area contributed by atoms with Gasteiger partial charge in [-0.05, 0) is 24.8 Å². The lowest BCUT2D eigenvalue weighted by molar-refractivity contribution is -0.129. The third-order valence-electron chi connectivity index (χ3n) is 2.26. The number of hydrogen-bond acceptors (Lipinski definition) is 2. The van der Waals surface area contributed by atoms with Gasteiger partial charge >= 0.3 is 0 Å². The standard InChI is InChI=1S/C13H17NO2/c15-13(14-16)11-7-2-1-4-8-12-9-5-3-6-10-12/h1,3-6,9-10,16H,2,7-8,11H2,(H,14,15). The monoisotopic (exact) mass is 219 g/mol. The maximum atomic E-state index is 10.7. The van der Waals surface area contributed by atoms with Crippen molar-refractivity contribution in [3.05, 3.63) is 48.0 Å². The smallest absolute Gasteiger partial charge is 0.243 e. The average Bonchev–Trinajstić information content (AvgIpc) is 2.34. The Morgan fingerprint density at radius 3 is 2.69 bits per heavy atom. The number of hydroxylamine groups is 1. The van der Waals surface area contributed by atoms with Gasteiger partial charge < -0.3 is 0 Å². The second-order valence-electron chi connectivity index (χ2n) is 3.59. The van der Waals surface area contributed by atoms with E-state index in [0.717, 1.165) is 19.3 Å². The predicted octanol–water partition coefficient (Wildman–Crippen LogP) is 2.46. The molecular formula is C13H17NO2. The number of benzene rings is 1. The molecule has 0 saturated heterocycles. The highest BCUT2D eigenvalue weighted by Crippen LogP contribution is 2.02. The number of amides is 1. The van der Waals surface area contributed by atoms with Crippen LogP contribution in [0, 0.1) is 0 Å². The van der Waals surface area contributed by atoms with Crippen LogP contribution in [-0.4, -0.2) is 11.1 Å². The summed E-state index contributed by atoms with van der Waals surface area (Å²) in [6.07, 6.45) is 7.08. The molecule has 0 aromatic heterocycles. The Morgan fingerprint density at radius 2 is 2.00 bits per heavy atom. The molecule has 1 aromatic carbocycles. The van der Waals surface area contributed by atoms with E-state index < -0.39 is 0 Å². The Hall–Kier alpha value is -1.61. The molecule has 0 fully saturated rings. The molecule has 0 bridgehead atoms. The number of hydrogen-bond donors (Lipinski definition) is 2. The zero-order valence-corrected chi connectivity index (χ0v) is 9.23. The second kappa shape index (κ2) is 7.65. The summed E-state index contributed by atoms with van der Waals surface area (Å²) in [6.45, 7) is 0. The van der Waals surface area contributed by atoms with E-state index in [4.69, 9.17) is 5.21 Å². The lowest BCUT2D eigenvalue weighted by Gasteiger charge is -1.96. The van der Waals surface area contributed by atoms with Crippen molar-refractivity contribution in [3.63, 3.8) is 0 Å². The van der Waals surface area contributed by atoms with Gasteiger partial charge in [-0.1, -0.05) is 42.5 Å². The Balaban J connectivity index is 2.12. The number of nitrogens with one attached hydrogen (secondary N) is 1. The average molecular weight is 219 g/mol. The van der Waals surface area contributed by atoms with Crippen molar-refractivity contribution in [1.29, 1.82) is 0 Å². The highest BCUT2D eigenvalue weighted by Gasteiger charge is 1.95. The van der Waals surface area contributed by atoms with Gasteiger partial charge in [0.2, 0.25) is 5.91 Å². The van der Waals surface area contributed by atoms with Crippen molar-refractivity contribution in [2.75, 3.05) is 0 Å². The molecule has 0 spiro atoms. The molecule has 0 atom stereocenters. The van der Waals surface area contributed by atoms with E-state index in [1.165, 1.54) is 5.56 Å². The zero-order valence-electron chi connectivity index (χ0n) is 9.23. The van der Waals surface area contributed by atoms with Gasteiger partial charge in [0.25, 0.3) is 0 Å². The van der Waals surface area contributed by atoms with Crippen LogP contribution in [0.25, 0.3) is 0 Å². The van der Waals surface area contributed by atoms with Crippen LogP contribution in [0.2, 0.25) is 0 Å². The van der Waals surface area contributed by atoms with Crippen LogP contribution in [0.3, 0.4) is 0 Å². The maximum absolute atomic E-state index is 10.7. The topological polar surface area (TPSA) is 49.3 Å². The summed E-state index contributed by atoms with van der Waals surface area (Å²) in [4.78, 5) is 10.7. The Labute approximate surface area is 95.8 Å². The van der Waals surface area contributed by atoms with Gasteiger partial charge in [0.1, 0.15) is 0 Å². The molecule has 3 heteroatoms. The summed E-state index contributed by atoms with van der Waals surface area (Å²) in [5, 5.41) is 8.27. The zero-order chi connectivity index (χ0) is 11.6. The first kappa shape index (κ1) is 12.5. The van der Waals surface area contributed by atoms with Crippen LogP contribution < -0.4 is 5.48 Å². The number of carbonyl (C=O) groups excluding carboxylic acids is 1. The molecule has 1 aromatic rings. The Morgan fingerprint density at radius 1 is 1.25 bits per heavy atom. The minimum Gasteiger partial charge on any atom is -0.289 e. The molecule has 0 radical (unpaired) electrons. The van der Waals surface area contributed by atoms with Gasteiger partial charge in [-0.25, -0.2) is 5.48 Å². The molecule has 0 aliphatic carbocycles. The SMILES string of the molecule is O=C(CCCC=CCc1ccccc1)NO. The van der Waals surface area contributed by atoms with Gasteiger partial charge in [-0.2, -0.15) is 0 Å². The van der Waals surface area contributed by atoms with Crippen molar-refractivity contribution < 1.29 is 10.0 Å². The molecular weight excluding hydrogens is 202 g/mol. The van der Waals surface area contributed by atoms with E-state index in [1.807, 2.05) is 18.2 Å². The van der Waals surface area contributed by atoms with Crippen LogP contribution in [0.5, 0.6) is 0 Å². The van der Waals surface area contributed by atoms with Crippen LogP contribution in [0.4, 0.5) is 0 Å². The minimum atomic E-state index is -0.323. The van der Waals surface area contributed by atoms with Gasteiger partial charge in [-0.15, -0.1) is 0 Å². The first-order chi connectivity index (χ1) is 7.83. The van der Waals surface area contributed by atoms with Crippen LogP contribution in [-0.2, 0) is 11.2 Å². The lowest BCUT2D eigenvalue weighted by Crippen LogP contribution is -2.17. The summed E-state index contributed by atoms with van der Waals surface area (Å²) >= 11 is 0. The summed E-state index contributed by atoms with van der Waals surface area (Å²) in [7, 11) is 0. The molecule has 86 valence electrons. The minimum absolute atomic E-state index is 0.323. The van der Waals surface area contributed by atoms with Crippen molar-refractivity contribution in [2.24, 2.45) is 0 Å². The molecule has 2 N–H and O–H groups in total. The molecule has 0 unspecified atom stereocenters. The normalized spacial score (nSPS) is 10.6. The number of allylic oxidation sites excluding steroid dienone is 2. The van der Waals surface area contributed by atoms with Gasteiger partial charge in [-0.3, -0.25) is 10.0 Å². The lowest BCUT2D eigenvalue weighted by atomic mass is 10.1. The third kappa shape index (κ3) is 5.32. The molecule has 16 heavy (non-hydrogen) atoms. The molecule has 0 aliphatic rings. The number of carbonyl (C=O) groups is 1. The Bertz CT molecular complexity index is 333. The quantitative estimate of drug-likeness (QED) is 0.334. The summed E-state index contributed by atoms with van der Waals surface area (Å²) < 4.78 is 0. The van der Waals surface area contributed by atoms with Crippen molar-refractivity contribution in [1.82, 2.24) is 5.48 Å². The van der Waals surface area contributed by atoms with Gasteiger partial charge in [0.05, 0.1) is 0 Å². The molecule has 1 rings (SSSR count). The molecule has 1 amide bonds. The third-order valence-corrected chi connectivity index (χ3v) is 2.26. The van der Waals surface area contributed by atoms with Gasteiger partial charge in [0.15, 0.2) is 0 Å². The fourth-order valence-corrected chi connectivity index (χ4v) is 1.39. The van der Waals surface area contributed by atoms with Crippen LogP contribution in [0.15, 0.2) is 42.5 Å². The highest BCUT2D eigenvalue weighted by molar-refractivity contribution is 5.74. The van der Waals surface area contributed by atoms with E-state index >= 15 is 0 Å².